The average Bonchev–Trinajstić information content (AvgIpc) is 3.29. The quantitative estimate of drug-likeness (QED) is 0.551. The van der Waals surface area contributed by atoms with Gasteiger partial charge in [-0.05, 0) is 47.4 Å². The zero-order chi connectivity index (χ0) is 19.4. The van der Waals surface area contributed by atoms with E-state index in [0.29, 0.717) is 0 Å². The number of amides is 1. The van der Waals surface area contributed by atoms with Crippen molar-refractivity contribution in [3.8, 4) is 0 Å². The first kappa shape index (κ1) is 16.2. The molecule has 1 unspecified atom stereocenters. The van der Waals surface area contributed by atoms with Gasteiger partial charge in [0, 0.05) is 29.4 Å². The number of pyridine rings is 1. The molecule has 1 amide bonds. The van der Waals surface area contributed by atoms with Gasteiger partial charge in [0.15, 0.2) is 0 Å². The van der Waals surface area contributed by atoms with Gasteiger partial charge in [-0.1, -0.05) is 42.5 Å². The Morgan fingerprint density at radius 2 is 2.00 bits per heavy atom. The molecule has 5 heteroatoms. The number of anilines is 1. The van der Waals surface area contributed by atoms with E-state index in [1.165, 1.54) is 5.56 Å². The number of aromatic nitrogens is 3. The molecular weight excluding hydrogens is 360 g/mol. The van der Waals surface area contributed by atoms with Crippen LogP contribution in [0.1, 0.15) is 34.7 Å². The summed E-state index contributed by atoms with van der Waals surface area (Å²) in [6.07, 6.45) is 8.43. The molecular formula is C24H18N4O. The van der Waals surface area contributed by atoms with Gasteiger partial charge < -0.3 is 5.32 Å². The van der Waals surface area contributed by atoms with E-state index < -0.39 is 5.41 Å². The fraction of sp³-hybridized carbons (Fsp3) is 0.125. The van der Waals surface area contributed by atoms with E-state index in [1.54, 1.807) is 6.20 Å². The lowest BCUT2D eigenvalue weighted by atomic mass is 9.92. The largest absolute Gasteiger partial charge is 0.325 e. The Bertz CT molecular complexity index is 1290. The lowest BCUT2D eigenvalue weighted by Gasteiger charge is -2.08. The summed E-state index contributed by atoms with van der Waals surface area (Å²) < 4.78 is 0. The highest BCUT2D eigenvalue weighted by atomic mass is 16.2. The lowest BCUT2D eigenvalue weighted by molar-refractivity contribution is -0.118. The van der Waals surface area contributed by atoms with Gasteiger partial charge in [0.2, 0.25) is 5.91 Å². The Morgan fingerprint density at radius 1 is 1.07 bits per heavy atom. The standard InChI is InChI=1S/C24H18N4O/c29-23-24(18-5-1-2-6-21(18)26-23)13-19(24)16-8-9-17-20(27-28-22(17)12-16)10-7-15-4-3-11-25-14-15/h1-12,14,19H,13H2,(H,26,29)(H,27,28)/b10-7+/t19-,24?/m0/s1. The summed E-state index contributed by atoms with van der Waals surface area (Å²) in [5, 5.41) is 11.7. The molecule has 140 valence electrons. The van der Waals surface area contributed by atoms with Crippen molar-refractivity contribution in [2.24, 2.45) is 0 Å². The molecule has 2 N–H and O–H groups in total. The molecule has 2 aromatic carbocycles. The van der Waals surface area contributed by atoms with E-state index in [2.05, 4.69) is 44.8 Å². The fourth-order valence-corrected chi connectivity index (χ4v) is 4.60. The fourth-order valence-electron chi connectivity index (χ4n) is 4.60. The van der Waals surface area contributed by atoms with Gasteiger partial charge in [0.05, 0.1) is 16.6 Å². The van der Waals surface area contributed by atoms with Crippen LogP contribution in [-0.2, 0) is 10.2 Å². The highest BCUT2D eigenvalue weighted by molar-refractivity contribution is 6.09. The topological polar surface area (TPSA) is 70.7 Å². The van der Waals surface area contributed by atoms with Gasteiger partial charge in [-0.25, -0.2) is 0 Å². The highest BCUT2D eigenvalue weighted by Gasteiger charge is 2.65. The highest BCUT2D eigenvalue weighted by Crippen LogP contribution is 2.64. The first-order valence-electron chi connectivity index (χ1n) is 9.73. The van der Waals surface area contributed by atoms with Crippen LogP contribution in [0.15, 0.2) is 67.0 Å². The van der Waals surface area contributed by atoms with E-state index >= 15 is 0 Å². The number of carbonyl (C=O) groups excluding carboxylic acids is 1. The minimum Gasteiger partial charge on any atom is -0.325 e. The van der Waals surface area contributed by atoms with Crippen molar-refractivity contribution < 1.29 is 4.79 Å². The number of hydrogen-bond acceptors (Lipinski definition) is 3. The van der Waals surface area contributed by atoms with Crippen molar-refractivity contribution in [3.63, 3.8) is 0 Å². The van der Waals surface area contributed by atoms with E-state index in [0.717, 1.165) is 39.8 Å². The number of hydrogen-bond donors (Lipinski definition) is 2. The molecule has 0 saturated heterocycles. The Hall–Kier alpha value is -3.73. The Kier molecular flexibility index (Phi) is 3.29. The van der Waals surface area contributed by atoms with E-state index in [-0.39, 0.29) is 11.8 Å². The second-order valence-electron chi connectivity index (χ2n) is 7.76. The number of benzene rings is 2. The summed E-state index contributed by atoms with van der Waals surface area (Å²) in [6, 6.07) is 18.3. The lowest BCUT2D eigenvalue weighted by Crippen LogP contribution is -2.20. The van der Waals surface area contributed by atoms with Crippen molar-refractivity contribution in [2.75, 3.05) is 5.32 Å². The van der Waals surface area contributed by atoms with Gasteiger partial charge in [0.1, 0.15) is 0 Å². The van der Waals surface area contributed by atoms with Crippen LogP contribution in [0.5, 0.6) is 0 Å². The first-order chi connectivity index (χ1) is 14.3. The summed E-state index contributed by atoms with van der Waals surface area (Å²) in [4.78, 5) is 16.9. The molecule has 1 aliphatic carbocycles. The van der Waals surface area contributed by atoms with E-state index in [9.17, 15) is 4.79 Å². The van der Waals surface area contributed by atoms with E-state index in [1.807, 2.05) is 48.7 Å². The zero-order valence-electron chi connectivity index (χ0n) is 15.6. The van der Waals surface area contributed by atoms with Crippen LogP contribution in [0.3, 0.4) is 0 Å². The molecule has 2 aliphatic rings. The molecule has 1 saturated carbocycles. The van der Waals surface area contributed by atoms with Crippen LogP contribution >= 0.6 is 0 Å². The molecule has 4 aromatic rings. The number of nitrogens with one attached hydrogen (secondary N) is 2. The second-order valence-corrected chi connectivity index (χ2v) is 7.76. The molecule has 29 heavy (non-hydrogen) atoms. The summed E-state index contributed by atoms with van der Waals surface area (Å²) in [7, 11) is 0. The molecule has 0 radical (unpaired) electrons. The number of aromatic amines is 1. The summed E-state index contributed by atoms with van der Waals surface area (Å²) >= 11 is 0. The Labute approximate surface area is 167 Å². The molecule has 6 rings (SSSR count). The number of rotatable bonds is 3. The van der Waals surface area contributed by atoms with Gasteiger partial charge >= 0.3 is 0 Å². The minimum absolute atomic E-state index is 0.119. The average molecular weight is 378 g/mol. The first-order valence-corrected chi connectivity index (χ1v) is 9.73. The minimum atomic E-state index is -0.409. The maximum Gasteiger partial charge on any atom is 0.235 e. The number of nitrogens with zero attached hydrogens (tertiary/aromatic N) is 2. The van der Waals surface area contributed by atoms with Crippen LogP contribution in [0.25, 0.3) is 23.1 Å². The summed E-state index contributed by atoms with van der Waals surface area (Å²) in [5.74, 6) is 0.321. The molecule has 1 spiro atoms. The molecule has 2 atom stereocenters. The predicted octanol–water partition coefficient (Wildman–Crippen LogP) is 4.51. The molecule has 0 bridgehead atoms. The van der Waals surface area contributed by atoms with Crippen molar-refractivity contribution in [2.45, 2.75) is 17.8 Å². The third-order valence-electron chi connectivity index (χ3n) is 6.16. The SMILES string of the molecule is O=C1Nc2ccccc2C12C[C@H]2c1ccc2c(/C=C/c3cccnc3)n[nH]c2c1. The number of fused-ring (bicyclic) bond motifs is 3. The normalized spacial score (nSPS) is 22.3. The maximum absolute atomic E-state index is 12.7. The third-order valence-corrected chi connectivity index (χ3v) is 6.16. The van der Waals surface area contributed by atoms with Crippen LogP contribution < -0.4 is 5.32 Å². The number of carbonyl (C=O) groups is 1. The smallest absolute Gasteiger partial charge is 0.235 e. The number of H-pyrrole nitrogens is 1. The van der Waals surface area contributed by atoms with Crippen LogP contribution in [0.2, 0.25) is 0 Å². The predicted molar refractivity (Wildman–Crippen MR) is 113 cm³/mol. The van der Waals surface area contributed by atoms with E-state index in [4.69, 9.17) is 0 Å². The zero-order valence-corrected chi connectivity index (χ0v) is 15.6. The third kappa shape index (κ3) is 2.37. The van der Waals surface area contributed by atoms with Crippen LogP contribution in [0, 0.1) is 0 Å². The van der Waals surface area contributed by atoms with Crippen LogP contribution in [0.4, 0.5) is 5.69 Å². The van der Waals surface area contributed by atoms with Crippen molar-refractivity contribution in [1.29, 1.82) is 0 Å². The van der Waals surface area contributed by atoms with Crippen molar-refractivity contribution >= 4 is 34.6 Å². The Balaban J connectivity index is 1.33. The molecule has 5 nitrogen and oxygen atoms in total. The second kappa shape index (κ2) is 5.88. The van der Waals surface area contributed by atoms with Crippen LogP contribution in [-0.4, -0.2) is 21.1 Å². The summed E-state index contributed by atoms with van der Waals surface area (Å²) in [6.45, 7) is 0. The molecule has 1 fully saturated rings. The monoisotopic (exact) mass is 378 g/mol. The van der Waals surface area contributed by atoms with Crippen molar-refractivity contribution in [3.05, 3.63) is 89.4 Å². The molecule has 3 heterocycles. The van der Waals surface area contributed by atoms with Gasteiger partial charge in [-0.2, -0.15) is 5.10 Å². The Morgan fingerprint density at radius 3 is 2.90 bits per heavy atom. The van der Waals surface area contributed by atoms with Crippen molar-refractivity contribution in [1.82, 2.24) is 15.2 Å². The van der Waals surface area contributed by atoms with Gasteiger partial charge in [0.25, 0.3) is 0 Å². The summed E-state index contributed by atoms with van der Waals surface area (Å²) in [5.41, 5.74) is 5.76. The van der Waals surface area contributed by atoms with Gasteiger partial charge in [-0.3, -0.25) is 14.9 Å². The van der Waals surface area contributed by atoms with Gasteiger partial charge in [-0.15, -0.1) is 0 Å². The maximum atomic E-state index is 12.7. The number of para-hydroxylation sites is 1. The molecule has 1 aliphatic heterocycles. The molecule has 2 aromatic heterocycles.